The Bertz CT molecular complexity index is 889. The van der Waals surface area contributed by atoms with E-state index in [1.165, 1.54) is 12.0 Å². The normalized spacial score (nSPS) is 15.9. The van der Waals surface area contributed by atoms with E-state index in [2.05, 4.69) is 16.3 Å². The lowest BCUT2D eigenvalue weighted by Crippen LogP contribution is -2.42. The van der Waals surface area contributed by atoms with Crippen LogP contribution in [-0.2, 0) is 21.1 Å². The third kappa shape index (κ3) is 6.29. The van der Waals surface area contributed by atoms with Gasteiger partial charge in [0.15, 0.2) is 9.84 Å². The minimum atomic E-state index is -3.36. The Balaban J connectivity index is 1.40. The third-order valence-corrected chi connectivity index (χ3v) is 7.91. The quantitative estimate of drug-likeness (QED) is 0.654. The van der Waals surface area contributed by atoms with E-state index in [0.717, 1.165) is 32.4 Å². The number of rotatable bonds is 9. The largest absolute Gasteiger partial charge is 0.497 e. The van der Waals surface area contributed by atoms with Gasteiger partial charge in [0, 0.05) is 23.9 Å². The first kappa shape index (κ1) is 21.8. The van der Waals surface area contributed by atoms with Gasteiger partial charge in [-0.1, -0.05) is 12.1 Å². The predicted molar refractivity (Wildman–Crippen MR) is 115 cm³/mol. The van der Waals surface area contributed by atoms with Crippen LogP contribution in [0.15, 0.2) is 46.7 Å². The molecule has 8 heteroatoms. The number of methoxy groups -OCH3 is 1. The van der Waals surface area contributed by atoms with Gasteiger partial charge in [0.2, 0.25) is 5.91 Å². The first-order chi connectivity index (χ1) is 14.0. The Labute approximate surface area is 176 Å². The van der Waals surface area contributed by atoms with E-state index >= 15 is 0 Å². The molecule has 1 amide bonds. The Morgan fingerprint density at radius 1 is 1.24 bits per heavy atom. The average Bonchev–Trinajstić information content (AvgIpc) is 3.26. The molecule has 3 rings (SSSR count). The number of hydrogen-bond donors (Lipinski definition) is 1. The molecule has 1 fully saturated rings. The summed E-state index contributed by atoms with van der Waals surface area (Å²) in [5.41, 5.74) is 0. The molecule has 1 aromatic heterocycles. The van der Waals surface area contributed by atoms with Gasteiger partial charge in [0.05, 0.1) is 17.8 Å². The maximum atomic E-state index is 12.6. The van der Waals surface area contributed by atoms with Crippen LogP contribution in [0.3, 0.4) is 0 Å². The van der Waals surface area contributed by atoms with E-state index in [-0.39, 0.29) is 22.5 Å². The van der Waals surface area contributed by atoms with Crippen LogP contribution in [0, 0.1) is 5.92 Å². The second kappa shape index (κ2) is 10.2. The van der Waals surface area contributed by atoms with Gasteiger partial charge in [0.25, 0.3) is 0 Å². The molecule has 1 aliphatic rings. The van der Waals surface area contributed by atoms with Crippen molar-refractivity contribution in [1.82, 2.24) is 10.2 Å². The molecule has 6 nitrogen and oxygen atoms in total. The Morgan fingerprint density at radius 2 is 2.03 bits per heavy atom. The minimum absolute atomic E-state index is 0.0181. The lowest BCUT2D eigenvalue weighted by Gasteiger charge is -2.31. The van der Waals surface area contributed by atoms with Crippen molar-refractivity contribution in [3.05, 3.63) is 46.7 Å². The van der Waals surface area contributed by atoms with Crippen LogP contribution >= 0.6 is 11.3 Å². The van der Waals surface area contributed by atoms with Crippen LogP contribution in [0.25, 0.3) is 0 Å². The molecule has 0 radical (unpaired) electrons. The van der Waals surface area contributed by atoms with Crippen molar-refractivity contribution < 1.29 is 17.9 Å². The second-order valence-corrected chi connectivity index (χ2v) is 10.4. The van der Waals surface area contributed by atoms with E-state index in [1.807, 2.05) is 11.4 Å². The van der Waals surface area contributed by atoms with Gasteiger partial charge in [-0.2, -0.15) is 0 Å². The van der Waals surface area contributed by atoms with Crippen molar-refractivity contribution in [2.75, 3.05) is 39.0 Å². The fourth-order valence-corrected chi connectivity index (χ4v) is 5.51. The highest BCUT2D eigenvalue weighted by Gasteiger charge is 2.26. The van der Waals surface area contributed by atoms with Crippen molar-refractivity contribution >= 4 is 27.1 Å². The van der Waals surface area contributed by atoms with Crippen molar-refractivity contribution in [3.63, 3.8) is 0 Å². The molecule has 29 heavy (non-hydrogen) atoms. The summed E-state index contributed by atoms with van der Waals surface area (Å²) in [5, 5.41) is 5.08. The van der Waals surface area contributed by atoms with Gasteiger partial charge in [0.1, 0.15) is 5.75 Å². The number of nitrogens with one attached hydrogen (secondary N) is 1. The number of ether oxygens (including phenoxy) is 1. The number of carbonyl (C=O) groups excluding carboxylic acids is 1. The van der Waals surface area contributed by atoms with Gasteiger partial charge >= 0.3 is 0 Å². The molecule has 1 N–H and O–H groups in total. The SMILES string of the molecule is COc1cccc(S(=O)(=O)CCN2CCC(C(=O)NCCc3cccs3)CC2)c1. The van der Waals surface area contributed by atoms with Crippen LogP contribution in [0.5, 0.6) is 5.75 Å². The first-order valence-corrected chi connectivity index (χ1v) is 12.4. The van der Waals surface area contributed by atoms with Gasteiger partial charge in [-0.05, 0) is 62.0 Å². The summed E-state index contributed by atoms with van der Waals surface area (Å²) >= 11 is 1.70. The number of nitrogens with zero attached hydrogens (tertiary/aromatic N) is 1. The molecule has 1 saturated heterocycles. The number of carbonyl (C=O) groups is 1. The van der Waals surface area contributed by atoms with E-state index in [4.69, 9.17) is 4.74 Å². The van der Waals surface area contributed by atoms with Crippen LogP contribution < -0.4 is 10.1 Å². The first-order valence-electron chi connectivity index (χ1n) is 9.87. The lowest BCUT2D eigenvalue weighted by atomic mass is 9.96. The van der Waals surface area contributed by atoms with E-state index in [9.17, 15) is 13.2 Å². The number of sulfone groups is 1. The molecule has 2 aromatic rings. The van der Waals surface area contributed by atoms with Crippen molar-refractivity contribution in [1.29, 1.82) is 0 Å². The van der Waals surface area contributed by atoms with Crippen molar-refractivity contribution in [2.24, 2.45) is 5.92 Å². The van der Waals surface area contributed by atoms with Crippen molar-refractivity contribution in [3.8, 4) is 5.75 Å². The number of piperidine rings is 1. The maximum Gasteiger partial charge on any atom is 0.223 e. The zero-order chi connectivity index (χ0) is 20.7. The number of benzene rings is 1. The van der Waals surface area contributed by atoms with Crippen molar-refractivity contribution in [2.45, 2.75) is 24.2 Å². The summed E-state index contributed by atoms with van der Waals surface area (Å²) < 4.78 is 30.3. The molecule has 1 aliphatic heterocycles. The predicted octanol–water partition coefficient (Wildman–Crippen LogP) is 2.60. The summed E-state index contributed by atoms with van der Waals surface area (Å²) in [6.45, 7) is 2.64. The topological polar surface area (TPSA) is 75.7 Å². The van der Waals surface area contributed by atoms with E-state index < -0.39 is 9.84 Å². The number of amides is 1. The summed E-state index contributed by atoms with van der Waals surface area (Å²) in [6.07, 6.45) is 2.40. The zero-order valence-electron chi connectivity index (χ0n) is 16.7. The van der Waals surface area contributed by atoms with Gasteiger partial charge < -0.3 is 15.0 Å². The highest BCUT2D eigenvalue weighted by atomic mass is 32.2. The molecule has 2 heterocycles. The molecule has 1 aromatic carbocycles. The molecule has 0 aliphatic carbocycles. The molecule has 0 atom stereocenters. The second-order valence-electron chi connectivity index (χ2n) is 7.23. The van der Waals surface area contributed by atoms with E-state index in [1.54, 1.807) is 35.6 Å². The maximum absolute atomic E-state index is 12.6. The number of thiophene rings is 1. The summed E-state index contributed by atoms with van der Waals surface area (Å²) in [4.78, 5) is 16.1. The average molecular weight is 437 g/mol. The highest BCUT2D eigenvalue weighted by molar-refractivity contribution is 7.91. The smallest absolute Gasteiger partial charge is 0.223 e. The summed E-state index contributed by atoms with van der Waals surface area (Å²) in [5.74, 6) is 0.740. The summed E-state index contributed by atoms with van der Waals surface area (Å²) in [7, 11) is -1.83. The van der Waals surface area contributed by atoms with Crippen LogP contribution in [0.4, 0.5) is 0 Å². The monoisotopic (exact) mass is 436 g/mol. The van der Waals surface area contributed by atoms with Crippen LogP contribution in [-0.4, -0.2) is 58.3 Å². The highest BCUT2D eigenvalue weighted by Crippen LogP contribution is 2.20. The fourth-order valence-electron chi connectivity index (χ4n) is 3.49. The van der Waals surface area contributed by atoms with Crippen LogP contribution in [0.2, 0.25) is 0 Å². The number of likely N-dealkylation sites (tertiary alicyclic amines) is 1. The van der Waals surface area contributed by atoms with Gasteiger partial charge in [-0.15, -0.1) is 11.3 Å². The molecular formula is C21H28N2O4S2. The lowest BCUT2D eigenvalue weighted by molar-refractivity contribution is -0.126. The molecule has 0 bridgehead atoms. The van der Waals surface area contributed by atoms with E-state index in [0.29, 0.717) is 18.8 Å². The third-order valence-electron chi connectivity index (χ3n) is 5.29. The number of hydrogen-bond acceptors (Lipinski definition) is 6. The molecule has 0 spiro atoms. The molecule has 0 unspecified atom stereocenters. The molecule has 0 saturated carbocycles. The Hall–Kier alpha value is -1.90. The molecule has 158 valence electrons. The molecular weight excluding hydrogens is 408 g/mol. The van der Waals surface area contributed by atoms with Gasteiger partial charge in [-0.3, -0.25) is 4.79 Å². The van der Waals surface area contributed by atoms with Gasteiger partial charge in [-0.25, -0.2) is 8.42 Å². The minimum Gasteiger partial charge on any atom is -0.497 e. The summed E-state index contributed by atoms with van der Waals surface area (Å²) in [6, 6.07) is 10.7. The Morgan fingerprint density at radius 3 is 2.72 bits per heavy atom. The van der Waals surface area contributed by atoms with Crippen LogP contribution in [0.1, 0.15) is 17.7 Å². The standard InChI is InChI=1S/C21H28N2O4S2/c1-27-18-4-2-6-20(16-18)29(25,26)15-13-23-11-8-17(9-12-23)21(24)22-10-7-19-5-3-14-28-19/h2-6,14,16-17H,7-13,15H2,1H3,(H,22,24). The zero-order valence-corrected chi connectivity index (χ0v) is 18.3. The fraction of sp³-hybridized carbons (Fsp3) is 0.476. The Kier molecular flexibility index (Phi) is 7.69.